The van der Waals surface area contributed by atoms with Gasteiger partial charge < -0.3 is 20.1 Å². The molecule has 0 aromatic carbocycles. The van der Waals surface area contributed by atoms with Gasteiger partial charge in [-0.05, 0) is 77.0 Å². The second-order valence-electron chi connectivity index (χ2n) is 18.1. The normalized spacial score (nSPS) is 13.6. The number of hydrogen-bond acceptors (Lipinski definition) is 7. The quantitative estimate of drug-likeness (QED) is 0.0268. The van der Waals surface area contributed by atoms with E-state index in [-0.39, 0.29) is 32.3 Å². The van der Waals surface area contributed by atoms with Gasteiger partial charge in [-0.1, -0.05) is 223 Å². The summed E-state index contributed by atoms with van der Waals surface area (Å²) < 4.78 is 33.6. The summed E-state index contributed by atoms with van der Waals surface area (Å²) in [6, 6.07) is 0. The van der Waals surface area contributed by atoms with E-state index in [9.17, 15) is 14.3 Å². The van der Waals surface area contributed by atoms with E-state index in [1.165, 1.54) is 193 Å². The Morgan fingerprint density at radius 3 is 1.22 bits per heavy atom. The van der Waals surface area contributed by atoms with Gasteiger partial charge >= 0.3 is 13.8 Å². The van der Waals surface area contributed by atoms with Crippen LogP contribution in [0.4, 0.5) is 0 Å². The first-order valence-electron chi connectivity index (χ1n) is 27.1. The molecule has 0 rings (SSSR count). The fourth-order valence-electron chi connectivity index (χ4n) is 7.71. The smallest absolute Gasteiger partial charge is 0.457 e. The molecule has 376 valence electrons. The minimum atomic E-state index is -4.29. The van der Waals surface area contributed by atoms with Crippen molar-refractivity contribution in [2.45, 2.75) is 264 Å². The lowest BCUT2D eigenvalue weighted by Crippen LogP contribution is -2.28. The summed E-state index contributed by atoms with van der Waals surface area (Å²) in [4.78, 5) is 22.6. The van der Waals surface area contributed by atoms with Crippen molar-refractivity contribution in [3.63, 3.8) is 0 Å². The first-order valence-corrected chi connectivity index (χ1v) is 28.6. The highest BCUT2D eigenvalue weighted by molar-refractivity contribution is 7.47. The van der Waals surface area contributed by atoms with Gasteiger partial charge in [0, 0.05) is 19.6 Å². The number of allylic oxidation sites excluding steroid dienone is 8. The van der Waals surface area contributed by atoms with Gasteiger partial charge in [-0.15, -0.1) is 0 Å². The third kappa shape index (κ3) is 51.4. The molecule has 0 amide bonds. The van der Waals surface area contributed by atoms with Crippen molar-refractivity contribution in [2.24, 2.45) is 5.73 Å². The molecular formula is C55H104NO7P. The molecule has 2 unspecified atom stereocenters. The predicted molar refractivity (Wildman–Crippen MR) is 275 cm³/mol. The van der Waals surface area contributed by atoms with E-state index in [1.807, 2.05) is 0 Å². The van der Waals surface area contributed by atoms with Crippen LogP contribution < -0.4 is 5.73 Å². The van der Waals surface area contributed by atoms with E-state index < -0.39 is 13.9 Å². The van der Waals surface area contributed by atoms with Crippen molar-refractivity contribution >= 4 is 13.8 Å². The summed E-state index contributed by atoms with van der Waals surface area (Å²) in [7, 11) is -4.29. The van der Waals surface area contributed by atoms with E-state index in [4.69, 9.17) is 24.3 Å². The van der Waals surface area contributed by atoms with Crippen molar-refractivity contribution < 1.29 is 32.8 Å². The van der Waals surface area contributed by atoms with Crippen LogP contribution in [0.15, 0.2) is 48.6 Å². The Morgan fingerprint density at radius 2 is 0.828 bits per heavy atom. The topological polar surface area (TPSA) is 117 Å². The van der Waals surface area contributed by atoms with Gasteiger partial charge in [0.2, 0.25) is 0 Å². The van der Waals surface area contributed by atoms with Gasteiger partial charge in [0.05, 0.1) is 19.8 Å². The standard InChI is InChI=1S/C55H104NO7P/c1-3-5-7-9-11-13-15-17-19-21-23-25-27-28-30-32-34-36-38-40-42-44-46-48-55(57)63-54(53-62-64(58,59)61-51-49-56)52-60-50-47-45-43-41-39-37-35-33-31-29-26-24-22-20-18-16-14-12-10-8-6-4-2/h15-18,21-24,54H,3-14,19-20,25-53,56H2,1-2H3,(H,58,59)/b17-15-,18-16-,23-21-,24-22-. The molecule has 0 saturated carbocycles. The Labute approximate surface area is 396 Å². The lowest BCUT2D eigenvalue weighted by atomic mass is 10.0. The molecule has 3 N–H and O–H groups in total. The van der Waals surface area contributed by atoms with Crippen LogP contribution in [0.3, 0.4) is 0 Å². The number of phosphoric acid groups is 1. The molecule has 64 heavy (non-hydrogen) atoms. The lowest BCUT2D eigenvalue weighted by molar-refractivity contribution is -0.154. The average Bonchev–Trinajstić information content (AvgIpc) is 3.29. The third-order valence-electron chi connectivity index (χ3n) is 11.7. The third-order valence-corrected chi connectivity index (χ3v) is 12.7. The van der Waals surface area contributed by atoms with E-state index in [0.29, 0.717) is 13.0 Å². The zero-order chi connectivity index (χ0) is 46.5. The number of phosphoric ester groups is 1. The van der Waals surface area contributed by atoms with Crippen molar-refractivity contribution in [3.05, 3.63) is 48.6 Å². The van der Waals surface area contributed by atoms with Crippen LogP contribution in [0.25, 0.3) is 0 Å². The molecule has 0 aromatic rings. The maximum Gasteiger partial charge on any atom is 0.472 e. The molecule has 0 spiro atoms. The van der Waals surface area contributed by atoms with Gasteiger partial charge in [0.25, 0.3) is 0 Å². The largest absolute Gasteiger partial charge is 0.472 e. The Bertz CT molecular complexity index is 1130. The zero-order valence-corrected chi connectivity index (χ0v) is 42.9. The molecule has 0 saturated heterocycles. The second kappa shape index (κ2) is 52.4. The zero-order valence-electron chi connectivity index (χ0n) is 42.0. The Hall–Kier alpha value is -1.54. The van der Waals surface area contributed by atoms with Crippen LogP contribution in [0.5, 0.6) is 0 Å². The number of carbonyl (C=O) groups is 1. The summed E-state index contributed by atoms with van der Waals surface area (Å²) in [5.74, 6) is -0.331. The van der Waals surface area contributed by atoms with E-state index in [1.54, 1.807) is 0 Å². The molecule has 2 atom stereocenters. The maximum atomic E-state index is 12.7. The number of rotatable bonds is 52. The minimum Gasteiger partial charge on any atom is -0.457 e. The number of ether oxygens (including phenoxy) is 2. The molecule has 0 fully saturated rings. The first-order chi connectivity index (χ1) is 31.4. The van der Waals surface area contributed by atoms with E-state index in [0.717, 1.165) is 44.9 Å². The molecule has 9 heteroatoms. The van der Waals surface area contributed by atoms with Crippen LogP contribution in [0.2, 0.25) is 0 Å². The Morgan fingerprint density at radius 1 is 0.469 bits per heavy atom. The summed E-state index contributed by atoms with van der Waals surface area (Å²) in [6.07, 6.45) is 64.3. The summed E-state index contributed by atoms with van der Waals surface area (Å²) in [5.41, 5.74) is 5.40. The van der Waals surface area contributed by atoms with Crippen LogP contribution in [-0.4, -0.2) is 49.9 Å². The van der Waals surface area contributed by atoms with Gasteiger partial charge in [-0.2, -0.15) is 0 Å². The monoisotopic (exact) mass is 922 g/mol. The van der Waals surface area contributed by atoms with Crippen molar-refractivity contribution in [1.29, 1.82) is 0 Å². The highest BCUT2D eigenvalue weighted by Crippen LogP contribution is 2.43. The SMILES string of the molecule is CCCCCCC/C=C\C/C=C\CCCCCCCCCCCCCC(=O)OC(COCCCCCCCCCCCC/C=C\C/C=C\CCCCCCC)COP(=O)(O)OCCN. The van der Waals surface area contributed by atoms with E-state index in [2.05, 4.69) is 62.5 Å². The molecule has 0 bridgehead atoms. The minimum absolute atomic E-state index is 0.0969. The number of unbranched alkanes of at least 4 members (excludes halogenated alkanes) is 31. The molecule has 0 aliphatic heterocycles. The predicted octanol–water partition coefficient (Wildman–Crippen LogP) is 17.1. The summed E-state index contributed by atoms with van der Waals surface area (Å²) in [5, 5.41) is 0. The molecule has 0 aliphatic carbocycles. The number of nitrogens with two attached hydrogens (primary N) is 1. The fourth-order valence-corrected chi connectivity index (χ4v) is 8.47. The first kappa shape index (κ1) is 62.5. The van der Waals surface area contributed by atoms with Crippen LogP contribution in [0, 0.1) is 0 Å². The Balaban J connectivity index is 3.92. The molecule has 0 aliphatic rings. The molecule has 0 aromatic heterocycles. The molecule has 8 nitrogen and oxygen atoms in total. The average molecular weight is 922 g/mol. The lowest BCUT2D eigenvalue weighted by Gasteiger charge is -2.20. The summed E-state index contributed by atoms with van der Waals surface area (Å²) >= 11 is 0. The van der Waals surface area contributed by atoms with Gasteiger partial charge in [-0.3, -0.25) is 13.8 Å². The second-order valence-corrected chi connectivity index (χ2v) is 19.5. The highest BCUT2D eigenvalue weighted by Gasteiger charge is 2.25. The van der Waals surface area contributed by atoms with Gasteiger partial charge in [0.1, 0.15) is 6.10 Å². The summed E-state index contributed by atoms with van der Waals surface area (Å²) in [6.45, 7) is 4.93. The van der Waals surface area contributed by atoms with E-state index >= 15 is 0 Å². The Kier molecular flexibility index (Phi) is 51.2. The number of esters is 1. The number of hydrogen-bond donors (Lipinski definition) is 2. The molecule has 0 heterocycles. The van der Waals surface area contributed by atoms with Crippen LogP contribution in [-0.2, 0) is 27.9 Å². The van der Waals surface area contributed by atoms with Gasteiger partial charge in [-0.25, -0.2) is 4.57 Å². The van der Waals surface area contributed by atoms with Crippen molar-refractivity contribution in [3.8, 4) is 0 Å². The highest BCUT2D eigenvalue weighted by atomic mass is 31.2. The van der Waals surface area contributed by atoms with Crippen LogP contribution in [0.1, 0.15) is 258 Å². The maximum absolute atomic E-state index is 12.7. The molecular weight excluding hydrogens is 818 g/mol. The van der Waals surface area contributed by atoms with Gasteiger partial charge in [0.15, 0.2) is 0 Å². The fraction of sp³-hybridized carbons (Fsp3) is 0.836. The van der Waals surface area contributed by atoms with Crippen molar-refractivity contribution in [2.75, 3.05) is 33.0 Å². The molecule has 0 radical (unpaired) electrons. The van der Waals surface area contributed by atoms with Crippen LogP contribution >= 0.6 is 7.82 Å². The number of carbonyl (C=O) groups excluding carboxylic acids is 1. The van der Waals surface area contributed by atoms with Crippen molar-refractivity contribution in [1.82, 2.24) is 0 Å².